The van der Waals surface area contributed by atoms with Crippen LogP contribution in [0.4, 0.5) is 10.1 Å². The lowest BCUT2D eigenvalue weighted by Gasteiger charge is -2.22. The van der Waals surface area contributed by atoms with Crippen LogP contribution in [0, 0.1) is 5.82 Å². The van der Waals surface area contributed by atoms with Crippen LogP contribution in [0.1, 0.15) is 13.3 Å². The first-order valence-electron chi connectivity index (χ1n) is 5.92. The molecule has 102 valence electrons. The van der Waals surface area contributed by atoms with E-state index in [1.54, 1.807) is 20.0 Å². The van der Waals surface area contributed by atoms with E-state index in [-0.39, 0.29) is 5.75 Å². The van der Waals surface area contributed by atoms with Gasteiger partial charge in [-0.1, -0.05) is 6.07 Å². The minimum absolute atomic E-state index is 0.0538. The molecule has 0 aromatic heterocycles. The van der Waals surface area contributed by atoms with Crippen LogP contribution in [-0.4, -0.2) is 34.3 Å². The first-order chi connectivity index (χ1) is 8.51. The van der Waals surface area contributed by atoms with Gasteiger partial charge in [-0.05, 0) is 45.1 Å². The van der Waals surface area contributed by atoms with Crippen LogP contribution < -0.4 is 9.62 Å². The summed E-state index contributed by atoms with van der Waals surface area (Å²) in [7, 11) is -1.61. The Morgan fingerprint density at radius 1 is 1.39 bits per heavy atom. The van der Waals surface area contributed by atoms with Crippen molar-refractivity contribution in [3.63, 3.8) is 0 Å². The summed E-state index contributed by atoms with van der Waals surface area (Å²) in [5.41, 5.74) is 0.377. The summed E-state index contributed by atoms with van der Waals surface area (Å²) in [4.78, 5) is 0. The quantitative estimate of drug-likeness (QED) is 0.768. The van der Waals surface area contributed by atoms with Gasteiger partial charge in [-0.2, -0.15) is 0 Å². The third kappa shape index (κ3) is 3.96. The molecule has 6 heteroatoms. The first kappa shape index (κ1) is 14.9. The predicted octanol–water partition coefficient (Wildman–Crippen LogP) is 1.59. The minimum atomic E-state index is -3.39. The predicted molar refractivity (Wildman–Crippen MR) is 71.8 cm³/mol. The van der Waals surface area contributed by atoms with Crippen molar-refractivity contribution in [3.8, 4) is 0 Å². The van der Waals surface area contributed by atoms with Crippen molar-refractivity contribution in [2.45, 2.75) is 13.3 Å². The summed E-state index contributed by atoms with van der Waals surface area (Å²) in [6, 6.07) is 5.64. The van der Waals surface area contributed by atoms with Gasteiger partial charge in [-0.15, -0.1) is 0 Å². The number of benzene rings is 1. The van der Waals surface area contributed by atoms with Crippen molar-refractivity contribution in [3.05, 3.63) is 30.1 Å². The van der Waals surface area contributed by atoms with Crippen LogP contribution in [0.5, 0.6) is 0 Å². The molecule has 0 fully saturated rings. The van der Waals surface area contributed by atoms with E-state index in [4.69, 9.17) is 0 Å². The highest BCUT2D eigenvalue weighted by Crippen LogP contribution is 2.19. The van der Waals surface area contributed by atoms with E-state index in [2.05, 4.69) is 5.32 Å². The number of hydrogen-bond acceptors (Lipinski definition) is 3. The van der Waals surface area contributed by atoms with Crippen molar-refractivity contribution in [2.75, 3.05) is 30.2 Å². The highest BCUT2D eigenvalue weighted by atomic mass is 32.2. The number of hydrogen-bond donors (Lipinski definition) is 1. The van der Waals surface area contributed by atoms with Crippen LogP contribution in [0.3, 0.4) is 0 Å². The zero-order valence-electron chi connectivity index (χ0n) is 10.7. The van der Waals surface area contributed by atoms with Gasteiger partial charge in [0.2, 0.25) is 10.0 Å². The molecule has 0 saturated heterocycles. The number of rotatable bonds is 7. The highest BCUT2D eigenvalue weighted by molar-refractivity contribution is 7.92. The van der Waals surface area contributed by atoms with Crippen molar-refractivity contribution in [1.29, 1.82) is 0 Å². The topological polar surface area (TPSA) is 49.4 Å². The van der Waals surface area contributed by atoms with Gasteiger partial charge in [-0.3, -0.25) is 4.31 Å². The van der Waals surface area contributed by atoms with Gasteiger partial charge in [0.05, 0.1) is 11.4 Å². The number of nitrogens with zero attached hydrogens (tertiary/aromatic N) is 1. The standard InChI is InChI=1S/C12H19FN2O2S/c1-3-15(12-7-4-6-11(13)10-12)18(16,17)9-5-8-14-2/h4,6-7,10,14H,3,5,8-9H2,1-2H3. The molecule has 0 aliphatic carbocycles. The number of halogens is 1. The van der Waals surface area contributed by atoms with Gasteiger partial charge >= 0.3 is 0 Å². The van der Waals surface area contributed by atoms with E-state index in [0.29, 0.717) is 25.2 Å². The second kappa shape index (κ2) is 6.70. The van der Waals surface area contributed by atoms with Gasteiger partial charge < -0.3 is 5.32 Å². The molecule has 1 aromatic carbocycles. The molecule has 0 aliphatic heterocycles. The maximum atomic E-state index is 13.1. The molecule has 0 radical (unpaired) electrons. The van der Waals surface area contributed by atoms with E-state index in [0.717, 1.165) is 0 Å². The number of anilines is 1. The van der Waals surface area contributed by atoms with E-state index >= 15 is 0 Å². The van der Waals surface area contributed by atoms with Gasteiger partial charge in [0.1, 0.15) is 5.82 Å². The Morgan fingerprint density at radius 2 is 2.11 bits per heavy atom. The molecule has 1 rings (SSSR count). The normalized spacial score (nSPS) is 11.5. The number of sulfonamides is 1. The van der Waals surface area contributed by atoms with Gasteiger partial charge in [0.15, 0.2) is 0 Å². The Hall–Kier alpha value is -1.14. The Morgan fingerprint density at radius 3 is 2.67 bits per heavy atom. The zero-order valence-corrected chi connectivity index (χ0v) is 11.5. The SMILES string of the molecule is CCN(c1cccc(F)c1)S(=O)(=O)CCCNC. The molecule has 1 aromatic rings. The summed E-state index contributed by atoms with van der Waals surface area (Å²) in [5.74, 6) is -0.380. The second-order valence-corrected chi connectivity index (χ2v) is 5.93. The molecule has 0 aliphatic rings. The van der Waals surface area contributed by atoms with E-state index < -0.39 is 15.8 Å². The van der Waals surface area contributed by atoms with Gasteiger partial charge in [-0.25, -0.2) is 12.8 Å². The lowest BCUT2D eigenvalue weighted by molar-refractivity contribution is 0.587. The lowest BCUT2D eigenvalue weighted by atomic mass is 10.3. The Balaban J connectivity index is 2.88. The molecule has 0 bridgehead atoms. The average Bonchev–Trinajstić information content (AvgIpc) is 2.29. The maximum Gasteiger partial charge on any atom is 0.235 e. The molecule has 18 heavy (non-hydrogen) atoms. The van der Waals surface area contributed by atoms with Crippen LogP contribution >= 0.6 is 0 Å². The minimum Gasteiger partial charge on any atom is -0.320 e. The molecule has 0 atom stereocenters. The Bertz CT molecular complexity index is 477. The summed E-state index contributed by atoms with van der Waals surface area (Å²) in [6.07, 6.45) is 0.532. The molecule has 0 amide bonds. The smallest absolute Gasteiger partial charge is 0.235 e. The summed E-state index contributed by atoms with van der Waals surface area (Å²) >= 11 is 0. The molecule has 0 heterocycles. The van der Waals surface area contributed by atoms with Crippen molar-refractivity contribution >= 4 is 15.7 Å². The average molecular weight is 274 g/mol. The summed E-state index contributed by atoms with van der Waals surface area (Å²) < 4.78 is 38.6. The van der Waals surface area contributed by atoms with Gasteiger partial charge in [0.25, 0.3) is 0 Å². The van der Waals surface area contributed by atoms with E-state index in [1.165, 1.54) is 22.5 Å². The third-order valence-corrected chi connectivity index (χ3v) is 4.49. The Labute approximate surface area is 108 Å². The van der Waals surface area contributed by atoms with Crippen molar-refractivity contribution in [1.82, 2.24) is 5.32 Å². The highest BCUT2D eigenvalue weighted by Gasteiger charge is 2.20. The summed E-state index contributed by atoms with van der Waals surface area (Å²) in [6.45, 7) is 2.67. The lowest BCUT2D eigenvalue weighted by Crippen LogP contribution is -2.33. The van der Waals surface area contributed by atoms with Crippen molar-refractivity contribution in [2.24, 2.45) is 0 Å². The third-order valence-electron chi connectivity index (χ3n) is 2.55. The number of nitrogens with one attached hydrogen (secondary N) is 1. The van der Waals surface area contributed by atoms with Crippen LogP contribution in [0.25, 0.3) is 0 Å². The molecule has 0 saturated carbocycles. The fourth-order valence-corrected chi connectivity index (χ4v) is 3.27. The second-order valence-electron chi connectivity index (χ2n) is 3.92. The zero-order chi connectivity index (χ0) is 13.6. The van der Waals surface area contributed by atoms with Gasteiger partial charge in [0, 0.05) is 6.54 Å². The van der Waals surface area contributed by atoms with Crippen LogP contribution in [0.2, 0.25) is 0 Å². The van der Waals surface area contributed by atoms with E-state index in [1.807, 2.05) is 0 Å². The fraction of sp³-hybridized carbons (Fsp3) is 0.500. The molecule has 0 spiro atoms. The van der Waals surface area contributed by atoms with Crippen LogP contribution in [-0.2, 0) is 10.0 Å². The molecular weight excluding hydrogens is 255 g/mol. The fourth-order valence-electron chi connectivity index (χ4n) is 1.71. The first-order valence-corrected chi connectivity index (χ1v) is 7.52. The van der Waals surface area contributed by atoms with E-state index in [9.17, 15) is 12.8 Å². The monoisotopic (exact) mass is 274 g/mol. The summed E-state index contributed by atoms with van der Waals surface area (Å²) in [5, 5.41) is 2.90. The maximum absolute atomic E-state index is 13.1. The largest absolute Gasteiger partial charge is 0.320 e. The Kier molecular flexibility index (Phi) is 5.55. The molecule has 4 nitrogen and oxygen atoms in total. The molecule has 0 unspecified atom stereocenters. The molecular formula is C12H19FN2O2S. The molecule has 1 N–H and O–H groups in total. The van der Waals surface area contributed by atoms with Crippen LogP contribution in [0.15, 0.2) is 24.3 Å². The van der Waals surface area contributed by atoms with Crippen molar-refractivity contribution < 1.29 is 12.8 Å².